The number of amides is 1. The standard InChI is InChI=1S/C21H15ClN2O3S/c1-26-18-12-19-16(11-15(18)22)23-21(28-19)24-20(25)10-8-14-7-9-17(27-14)13-5-3-2-4-6-13/h2-12H,1H3,(H,23,24,25)/b10-8+. The van der Waals surface area contributed by atoms with Gasteiger partial charge >= 0.3 is 0 Å². The van der Waals surface area contributed by atoms with Gasteiger partial charge in [0.1, 0.15) is 17.3 Å². The first-order chi connectivity index (χ1) is 13.6. The van der Waals surface area contributed by atoms with Crippen LogP contribution in [0.1, 0.15) is 5.76 Å². The van der Waals surface area contributed by atoms with E-state index in [0.717, 1.165) is 16.0 Å². The zero-order chi connectivity index (χ0) is 19.5. The fourth-order valence-corrected chi connectivity index (χ4v) is 3.76. The molecule has 28 heavy (non-hydrogen) atoms. The molecule has 0 aliphatic rings. The molecule has 0 saturated carbocycles. The van der Waals surface area contributed by atoms with Gasteiger partial charge in [0.05, 0.1) is 22.3 Å². The maximum atomic E-state index is 12.2. The third-order valence-corrected chi connectivity index (χ3v) is 5.21. The predicted octanol–water partition coefficient (Wildman–Crippen LogP) is 5.87. The lowest BCUT2D eigenvalue weighted by Crippen LogP contribution is -2.07. The fraction of sp³-hybridized carbons (Fsp3) is 0.0476. The first-order valence-electron chi connectivity index (χ1n) is 8.41. The number of ether oxygens (including phenoxy) is 1. The number of rotatable bonds is 5. The molecule has 0 radical (unpaired) electrons. The second kappa shape index (κ2) is 7.88. The Morgan fingerprint density at radius 2 is 2.04 bits per heavy atom. The first-order valence-corrected chi connectivity index (χ1v) is 9.60. The Kier molecular flexibility index (Phi) is 5.14. The highest BCUT2D eigenvalue weighted by Gasteiger charge is 2.10. The second-order valence-corrected chi connectivity index (χ2v) is 7.30. The molecule has 0 aliphatic carbocycles. The Labute approximate surface area is 170 Å². The quantitative estimate of drug-likeness (QED) is 0.418. The van der Waals surface area contributed by atoms with Gasteiger partial charge in [-0.1, -0.05) is 53.3 Å². The normalized spacial score (nSPS) is 11.2. The van der Waals surface area contributed by atoms with Crippen molar-refractivity contribution < 1.29 is 13.9 Å². The molecule has 0 bridgehead atoms. The molecule has 0 unspecified atom stereocenters. The summed E-state index contributed by atoms with van der Waals surface area (Å²) in [5.74, 6) is 1.62. The molecule has 5 nitrogen and oxygen atoms in total. The zero-order valence-corrected chi connectivity index (χ0v) is 16.4. The maximum Gasteiger partial charge on any atom is 0.250 e. The molecule has 0 saturated heterocycles. The van der Waals surface area contributed by atoms with E-state index in [1.807, 2.05) is 42.5 Å². The van der Waals surface area contributed by atoms with Crippen molar-refractivity contribution >= 4 is 50.3 Å². The molecule has 7 heteroatoms. The summed E-state index contributed by atoms with van der Waals surface area (Å²) in [6.45, 7) is 0. The number of halogens is 1. The van der Waals surface area contributed by atoms with E-state index in [4.69, 9.17) is 20.8 Å². The number of methoxy groups -OCH3 is 1. The van der Waals surface area contributed by atoms with Gasteiger partial charge in [-0.25, -0.2) is 4.98 Å². The number of carbonyl (C=O) groups is 1. The minimum atomic E-state index is -0.297. The molecule has 2 aromatic heterocycles. The van der Waals surface area contributed by atoms with E-state index in [9.17, 15) is 4.79 Å². The SMILES string of the molecule is COc1cc2sc(NC(=O)/C=C/c3ccc(-c4ccccc4)o3)nc2cc1Cl. The molecule has 0 fully saturated rings. The Bertz CT molecular complexity index is 1170. The number of thiazole rings is 1. The Morgan fingerprint density at radius 3 is 2.82 bits per heavy atom. The van der Waals surface area contributed by atoms with Crippen LogP contribution in [0.5, 0.6) is 5.75 Å². The average Bonchev–Trinajstić information content (AvgIpc) is 3.32. The topological polar surface area (TPSA) is 64.4 Å². The minimum absolute atomic E-state index is 0.297. The van der Waals surface area contributed by atoms with E-state index in [-0.39, 0.29) is 5.91 Å². The lowest BCUT2D eigenvalue weighted by Gasteiger charge is -2.00. The minimum Gasteiger partial charge on any atom is -0.495 e. The number of hydrogen-bond donors (Lipinski definition) is 1. The number of benzene rings is 2. The van der Waals surface area contributed by atoms with Crippen molar-refractivity contribution in [1.82, 2.24) is 4.98 Å². The molecule has 4 rings (SSSR count). The Morgan fingerprint density at radius 1 is 1.21 bits per heavy atom. The molecule has 0 spiro atoms. The number of aromatic nitrogens is 1. The summed E-state index contributed by atoms with van der Waals surface area (Å²) >= 11 is 7.46. The van der Waals surface area contributed by atoms with Crippen LogP contribution >= 0.6 is 22.9 Å². The van der Waals surface area contributed by atoms with Crippen molar-refractivity contribution in [3.8, 4) is 17.1 Å². The Hall–Kier alpha value is -3.09. The number of fused-ring (bicyclic) bond motifs is 1. The van der Waals surface area contributed by atoms with E-state index >= 15 is 0 Å². The highest BCUT2D eigenvalue weighted by Crippen LogP contribution is 2.34. The molecule has 1 amide bonds. The number of nitrogens with one attached hydrogen (secondary N) is 1. The summed E-state index contributed by atoms with van der Waals surface area (Å²) < 4.78 is 11.8. The van der Waals surface area contributed by atoms with E-state index in [1.165, 1.54) is 17.4 Å². The number of anilines is 1. The smallest absolute Gasteiger partial charge is 0.250 e. The van der Waals surface area contributed by atoms with Crippen molar-refractivity contribution in [3.63, 3.8) is 0 Å². The van der Waals surface area contributed by atoms with Crippen LogP contribution in [0.2, 0.25) is 5.02 Å². The summed E-state index contributed by atoms with van der Waals surface area (Å²) in [7, 11) is 1.55. The number of carbonyl (C=O) groups excluding carboxylic acids is 1. The second-order valence-electron chi connectivity index (χ2n) is 5.86. The van der Waals surface area contributed by atoms with E-state index in [1.54, 1.807) is 25.3 Å². The van der Waals surface area contributed by atoms with E-state index in [0.29, 0.717) is 27.2 Å². The number of furan rings is 1. The van der Waals surface area contributed by atoms with Gasteiger partial charge in [-0.2, -0.15) is 0 Å². The van der Waals surface area contributed by atoms with Crippen LogP contribution in [0, 0.1) is 0 Å². The van der Waals surface area contributed by atoms with Gasteiger partial charge in [0, 0.05) is 17.7 Å². The Balaban J connectivity index is 1.46. The van der Waals surface area contributed by atoms with Crippen LogP contribution in [0.25, 0.3) is 27.6 Å². The third kappa shape index (κ3) is 3.93. The molecule has 140 valence electrons. The van der Waals surface area contributed by atoms with Gasteiger partial charge in [0.2, 0.25) is 5.91 Å². The predicted molar refractivity (Wildman–Crippen MR) is 113 cm³/mol. The lowest BCUT2D eigenvalue weighted by atomic mass is 10.2. The highest BCUT2D eigenvalue weighted by molar-refractivity contribution is 7.22. The monoisotopic (exact) mass is 410 g/mol. The van der Waals surface area contributed by atoms with Crippen LogP contribution < -0.4 is 10.1 Å². The largest absolute Gasteiger partial charge is 0.495 e. The fourth-order valence-electron chi connectivity index (χ4n) is 2.64. The van der Waals surface area contributed by atoms with Crippen LogP contribution in [0.4, 0.5) is 5.13 Å². The molecule has 4 aromatic rings. The van der Waals surface area contributed by atoms with Gasteiger partial charge in [0.25, 0.3) is 0 Å². The van der Waals surface area contributed by atoms with Gasteiger partial charge < -0.3 is 9.15 Å². The molecule has 2 heterocycles. The summed E-state index contributed by atoms with van der Waals surface area (Å²) in [5.41, 5.74) is 1.68. The summed E-state index contributed by atoms with van der Waals surface area (Å²) in [5, 5.41) is 3.71. The van der Waals surface area contributed by atoms with Gasteiger partial charge in [-0.15, -0.1) is 0 Å². The average molecular weight is 411 g/mol. The van der Waals surface area contributed by atoms with Gasteiger partial charge in [0.15, 0.2) is 5.13 Å². The van der Waals surface area contributed by atoms with Crippen LogP contribution in [-0.2, 0) is 4.79 Å². The first kappa shape index (κ1) is 18.3. The summed E-state index contributed by atoms with van der Waals surface area (Å²) in [6.07, 6.45) is 3.03. The third-order valence-electron chi connectivity index (χ3n) is 3.98. The van der Waals surface area contributed by atoms with E-state index < -0.39 is 0 Å². The van der Waals surface area contributed by atoms with Crippen LogP contribution in [-0.4, -0.2) is 18.0 Å². The molecular weight excluding hydrogens is 396 g/mol. The lowest BCUT2D eigenvalue weighted by molar-refractivity contribution is -0.111. The number of hydrogen-bond acceptors (Lipinski definition) is 5. The molecule has 0 atom stereocenters. The molecule has 2 aromatic carbocycles. The van der Waals surface area contributed by atoms with Crippen LogP contribution in [0.3, 0.4) is 0 Å². The van der Waals surface area contributed by atoms with Crippen molar-refractivity contribution in [2.45, 2.75) is 0 Å². The molecule has 1 N–H and O–H groups in total. The van der Waals surface area contributed by atoms with Crippen LogP contribution in [0.15, 0.2) is 65.1 Å². The van der Waals surface area contributed by atoms with Crippen molar-refractivity contribution in [1.29, 1.82) is 0 Å². The van der Waals surface area contributed by atoms with Gasteiger partial charge in [-0.05, 0) is 24.3 Å². The summed E-state index contributed by atoms with van der Waals surface area (Å²) in [4.78, 5) is 16.6. The highest BCUT2D eigenvalue weighted by atomic mass is 35.5. The number of nitrogens with zero attached hydrogens (tertiary/aromatic N) is 1. The van der Waals surface area contributed by atoms with Crippen molar-refractivity contribution in [3.05, 3.63) is 71.5 Å². The van der Waals surface area contributed by atoms with Crippen molar-refractivity contribution in [2.24, 2.45) is 0 Å². The zero-order valence-electron chi connectivity index (χ0n) is 14.8. The molecule has 0 aliphatic heterocycles. The summed E-state index contributed by atoms with van der Waals surface area (Å²) in [6, 6.07) is 17.0. The molecular formula is C21H15ClN2O3S. The van der Waals surface area contributed by atoms with Crippen molar-refractivity contribution in [2.75, 3.05) is 12.4 Å². The maximum absolute atomic E-state index is 12.2. The van der Waals surface area contributed by atoms with E-state index in [2.05, 4.69) is 10.3 Å². The van der Waals surface area contributed by atoms with Gasteiger partial charge in [-0.3, -0.25) is 10.1 Å².